The zero-order valence-corrected chi connectivity index (χ0v) is 18.8. The number of carbonyl (C=O) groups excluding carboxylic acids is 1. The quantitative estimate of drug-likeness (QED) is 0.438. The van der Waals surface area contributed by atoms with Gasteiger partial charge in [-0.25, -0.2) is 14.0 Å². The highest BCUT2D eigenvalue weighted by Crippen LogP contribution is 2.32. The fourth-order valence-electron chi connectivity index (χ4n) is 3.14. The fourth-order valence-corrected chi connectivity index (χ4v) is 3.80. The number of nitrogens with one attached hydrogen (secondary N) is 2. The molecule has 0 bridgehead atoms. The van der Waals surface area contributed by atoms with Gasteiger partial charge in [0.25, 0.3) is 5.91 Å². The van der Waals surface area contributed by atoms with Gasteiger partial charge in [0.1, 0.15) is 17.3 Å². The van der Waals surface area contributed by atoms with E-state index in [1.54, 1.807) is 53.3 Å². The highest BCUT2D eigenvalue weighted by molar-refractivity contribution is 7.91. The van der Waals surface area contributed by atoms with Crippen molar-refractivity contribution in [3.63, 3.8) is 0 Å². The van der Waals surface area contributed by atoms with Gasteiger partial charge in [0, 0.05) is 35.7 Å². The molecular weight excluding hydrogens is 426 g/mol. The van der Waals surface area contributed by atoms with E-state index in [-0.39, 0.29) is 5.91 Å². The van der Waals surface area contributed by atoms with Crippen LogP contribution in [-0.4, -0.2) is 31.1 Å². The second-order valence-corrected chi connectivity index (χ2v) is 9.64. The minimum atomic E-state index is -2.81. The lowest BCUT2D eigenvalue weighted by Gasteiger charge is -2.10. The maximum absolute atomic E-state index is 12.9. The maximum Gasteiger partial charge on any atom is 0.257 e. The normalized spacial score (nSPS) is 13.0. The monoisotopic (exact) mass is 449 g/mol. The van der Waals surface area contributed by atoms with Crippen molar-refractivity contribution in [3.8, 4) is 11.5 Å². The summed E-state index contributed by atoms with van der Waals surface area (Å²) in [4.78, 5) is 17.5. The van der Waals surface area contributed by atoms with Crippen LogP contribution in [0.25, 0.3) is 10.9 Å². The van der Waals surface area contributed by atoms with Crippen LogP contribution in [0.3, 0.4) is 0 Å². The number of hydrogen-bond acceptors (Lipinski definition) is 6. The average molecular weight is 450 g/mol. The van der Waals surface area contributed by atoms with Crippen molar-refractivity contribution in [1.29, 1.82) is 4.78 Å². The number of rotatable bonds is 6. The third-order valence-electron chi connectivity index (χ3n) is 4.88. The number of nitrogens with zero attached hydrogens (tertiary/aromatic N) is 3. The molecule has 9 heteroatoms. The summed E-state index contributed by atoms with van der Waals surface area (Å²) in [5.41, 5.74) is 2.02. The van der Waals surface area contributed by atoms with Gasteiger partial charge in [0.15, 0.2) is 0 Å². The van der Waals surface area contributed by atoms with Gasteiger partial charge in [-0.05, 0) is 61.9 Å². The molecule has 1 amide bonds. The van der Waals surface area contributed by atoms with Crippen molar-refractivity contribution < 1.29 is 13.7 Å². The van der Waals surface area contributed by atoms with E-state index in [9.17, 15) is 9.00 Å². The first-order valence-corrected chi connectivity index (χ1v) is 12.0. The van der Waals surface area contributed by atoms with Gasteiger partial charge in [0.05, 0.1) is 20.6 Å². The lowest BCUT2D eigenvalue weighted by atomic mass is 10.1. The second-order valence-electron chi connectivity index (χ2n) is 7.48. The first kappa shape index (κ1) is 21.5. The molecule has 4 aromatic rings. The van der Waals surface area contributed by atoms with Gasteiger partial charge in [-0.1, -0.05) is 6.07 Å². The number of amides is 1. The summed E-state index contributed by atoms with van der Waals surface area (Å²) >= 11 is 0. The zero-order chi connectivity index (χ0) is 22.9. The van der Waals surface area contributed by atoms with Crippen molar-refractivity contribution >= 4 is 32.4 Å². The minimum Gasteiger partial charge on any atom is -0.457 e. The molecule has 2 aromatic heterocycles. The van der Waals surface area contributed by atoms with E-state index in [0.29, 0.717) is 39.8 Å². The largest absolute Gasteiger partial charge is 0.457 e. The Bertz CT molecular complexity index is 1390. The number of pyridine rings is 1. The molecule has 0 aliphatic carbocycles. The Morgan fingerprint density at radius 2 is 1.94 bits per heavy atom. The van der Waals surface area contributed by atoms with Crippen molar-refractivity contribution in [2.45, 2.75) is 25.3 Å². The van der Waals surface area contributed by atoms with Crippen molar-refractivity contribution in [1.82, 2.24) is 14.8 Å². The molecule has 0 radical (unpaired) electrons. The van der Waals surface area contributed by atoms with Gasteiger partial charge >= 0.3 is 0 Å². The lowest BCUT2D eigenvalue weighted by Crippen LogP contribution is -2.13. The van der Waals surface area contributed by atoms with Crippen LogP contribution in [0.5, 0.6) is 11.5 Å². The first-order chi connectivity index (χ1) is 15.2. The van der Waals surface area contributed by atoms with Gasteiger partial charge in [-0.15, -0.1) is 0 Å². The Hall–Kier alpha value is -3.72. The molecular formula is C23H23N5O3S. The van der Waals surface area contributed by atoms with Crippen molar-refractivity contribution in [3.05, 3.63) is 72.1 Å². The summed E-state index contributed by atoms with van der Waals surface area (Å²) in [6.07, 6.45) is 4.92. The van der Waals surface area contributed by atoms with Crippen LogP contribution in [-0.2, 0) is 16.3 Å². The van der Waals surface area contributed by atoms with Crippen LogP contribution in [0.4, 0.5) is 5.82 Å². The molecule has 0 aliphatic rings. The second kappa shape index (κ2) is 8.43. The molecule has 2 N–H and O–H groups in total. The molecule has 0 aliphatic heterocycles. The number of fused-ring (bicyclic) bond motifs is 1. The molecule has 2 aromatic carbocycles. The number of aryl methyl sites for hydroxylation is 2. The van der Waals surface area contributed by atoms with Crippen LogP contribution in [0.2, 0.25) is 0 Å². The van der Waals surface area contributed by atoms with Gasteiger partial charge < -0.3 is 10.1 Å². The number of ether oxygens (including phenoxy) is 1. The summed E-state index contributed by atoms with van der Waals surface area (Å²) in [5, 5.41) is 8.08. The number of benzene rings is 2. The Morgan fingerprint density at radius 1 is 1.19 bits per heavy atom. The van der Waals surface area contributed by atoms with Crippen LogP contribution in [0.1, 0.15) is 22.8 Å². The predicted molar refractivity (Wildman–Crippen MR) is 124 cm³/mol. The topological polar surface area (TPSA) is 110 Å². The van der Waals surface area contributed by atoms with Gasteiger partial charge in [0.2, 0.25) is 0 Å². The van der Waals surface area contributed by atoms with Crippen molar-refractivity contribution in [2.24, 2.45) is 0 Å². The van der Waals surface area contributed by atoms with Crippen LogP contribution in [0, 0.1) is 11.7 Å². The molecule has 0 saturated carbocycles. The summed E-state index contributed by atoms with van der Waals surface area (Å²) in [7, 11) is -2.81. The smallest absolute Gasteiger partial charge is 0.257 e. The van der Waals surface area contributed by atoms with E-state index in [2.05, 4.69) is 15.4 Å². The Labute approximate surface area is 186 Å². The Balaban J connectivity index is 1.69. The summed E-state index contributed by atoms with van der Waals surface area (Å²) < 4.78 is 27.5. The highest BCUT2D eigenvalue weighted by Gasteiger charge is 2.16. The Morgan fingerprint density at radius 3 is 2.56 bits per heavy atom. The van der Waals surface area contributed by atoms with E-state index in [1.165, 1.54) is 6.26 Å². The van der Waals surface area contributed by atoms with Gasteiger partial charge in [-0.3, -0.25) is 9.48 Å². The number of hydrogen-bond donors (Lipinski definition) is 2. The molecule has 1 atom stereocenters. The van der Waals surface area contributed by atoms with Crippen LogP contribution in [0.15, 0.2) is 65.8 Å². The molecule has 8 nitrogen and oxygen atoms in total. The third-order valence-corrected chi connectivity index (χ3v) is 6.05. The molecule has 164 valence electrons. The van der Waals surface area contributed by atoms with Crippen LogP contribution < -0.4 is 10.1 Å². The van der Waals surface area contributed by atoms with E-state index < -0.39 is 9.73 Å². The van der Waals surface area contributed by atoms with Crippen LogP contribution >= 0.6 is 0 Å². The van der Waals surface area contributed by atoms with Crippen molar-refractivity contribution in [2.75, 3.05) is 11.6 Å². The first-order valence-electron chi connectivity index (χ1n) is 10.00. The molecule has 32 heavy (non-hydrogen) atoms. The number of aromatic nitrogens is 3. The minimum absolute atomic E-state index is 0.325. The van der Waals surface area contributed by atoms with E-state index >= 15 is 0 Å². The zero-order valence-electron chi connectivity index (χ0n) is 18.0. The van der Waals surface area contributed by atoms with E-state index in [0.717, 1.165) is 10.9 Å². The predicted octanol–water partition coefficient (Wildman–Crippen LogP) is 4.84. The SMILES string of the molecule is CCn1cc2c(Oc3ccc(S(C)(=N)=O)cc3)cc(C(=O)Nc3ccc(C)cn3)cc2n1. The maximum atomic E-state index is 12.9. The standard InChI is InChI=1S/C23H23N5O3S/c1-4-28-14-19-20(27-28)11-16(23(29)26-22-10-5-15(2)13-25-22)12-21(19)31-17-6-8-18(9-7-17)32(3,24)30/h5-14,24H,4H2,1-3H3,(H,25,26,29). The molecule has 4 rings (SSSR count). The molecule has 0 fully saturated rings. The van der Waals surface area contributed by atoms with E-state index in [1.807, 2.05) is 26.1 Å². The fraction of sp³-hybridized carbons (Fsp3) is 0.174. The van der Waals surface area contributed by atoms with Gasteiger partial charge in [-0.2, -0.15) is 5.10 Å². The summed E-state index contributed by atoms with van der Waals surface area (Å²) in [5.74, 6) is 1.10. The third kappa shape index (κ3) is 4.62. The number of anilines is 1. The molecule has 0 saturated heterocycles. The number of carbonyl (C=O) groups is 1. The summed E-state index contributed by atoms with van der Waals surface area (Å²) in [6.45, 7) is 4.58. The van der Waals surface area contributed by atoms with E-state index in [4.69, 9.17) is 9.52 Å². The Kier molecular flexibility index (Phi) is 5.67. The molecule has 1 unspecified atom stereocenters. The molecule has 0 spiro atoms. The lowest BCUT2D eigenvalue weighted by molar-refractivity contribution is 0.102. The summed E-state index contributed by atoms with van der Waals surface area (Å²) in [6, 6.07) is 13.5. The highest BCUT2D eigenvalue weighted by atomic mass is 32.2. The average Bonchev–Trinajstić information content (AvgIpc) is 3.19. The molecule has 2 heterocycles.